The highest BCUT2D eigenvalue weighted by Crippen LogP contribution is 2.37. The highest BCUT2D eigenvalue weighted by Gasteiger charge is 2.50. The third-order valence-electron chi connectivity index (χ3n) is 3.57. The first-order chi connectivity index (χ1) is 12.2. The van der Waals surface area contributed by atoms with Crippen LogP contribution in [0.4, 0.5) is 13.2 Å². The third-order valence-corrected chi connectivity index (χ3v) is 6.38. The molecule has 0 amide bonds. The maximum absolute atomic E-state index is 11.7. The molecule has 2 N–H and O–H groups in total. The monoisotopic (exact) mass is 436 g/mol. The average Bonchev–Trinajstić information content (AvgIpc) is 2.98. The molecular formula is C14H19F3O8S2. The van der Waals surface area contributed by atoms with Crippen molar-refractivity contribution >= 4 is 27.0 Å². The van der Waals surface area contributed by atoms with E-state index in [9.17, 15) is 28.2 Å². The Balaban J connectivity index is 0.000000387. The van der Waals surface area contributed by atoms with Crippen LogP contribution in [0.3, 0.4) is 0 Å². The molecule has 1 unspecified atom stereocenters. The number of ether oxygens (including phenoxy) is 1. The number of aliphatic hydroxyl groups is 2. The van der Waals surface area contributed by atoms with Gasteiger partial charge in [0.1, 0.15) is 29.3 Å². The fourth-order valence-electron chi connectivity index (χ4n) is 2.33. The molecule has 1 aromatic rings. The van der Waals surface area contributed by atoms with Crippen LogP contribution in [-0.4, -0.2) is 65.5 Å². The van der Waals surface area contributed by atoms with Gasteiger partial charge in [0.25, 0.3) is 0 Å². The van der Waals surface area contributed by atoms with Gasteiger partial charge < -0.3 is 23.9 Å². The molecule has 1 fully saturated rings. The molecule has 2 rings (SSSR count). The summed E-state index contributed by atoms with van der Waals surface area (Å²) < 4.78 is 69.4. The van der Waals surface area contributed by atoms with Crippen LogP contribution in [0.15, 0.2) is 10.5 Å². The first-order valence-electron chi connectivity index (χ1n) is 7.47. The fraction of sp³-hybridized carbons (Fsp3) is 0.643. The number of halogens is 3. The molecule has 4 atom stereocenters. The Morgan fingerprint density at radius 2 is 1.96 bits per heavy atom. The van der Waals surface area contributed by atoms with Gasteiger partial charge in [-0.25, -0.2) is 13.2 Å². The average molecular weight is 436 g/mol. The number of carbonyl (C=O) groups excluding carboxylic acids is 1. The number of hydrogen-bond acceptors (Lipinski definition) is 8. The first-order valence-corrected chi connectivity index (χ1v) is 10.7. The lowest BCUT2D eigenvalue weighted by Gasteiger charge is -2.09. The summed E-state index contributed by atoms with van der Waals surface area (Å²) in [4.78, 5) is 11.7. The highest BCUT2D eigenvalue weighted by atomic mass is 32.2. The highest BCUT2D eigenvalue weighted by molar-refractivity contribution is 7.96. The summed E-state index contributed by atoms with van der Waals surface area (Å²) in [7, 11) is -6.27. The Labute approximate surface area is 156 Å². The van der Waals surface area contributed by atoms with Gasteiger partial charge in [-0.3, -0.25) is 0 Å². The lowest BCUT2D eigenvalue weighted by atomic mass is 10.1. The lowest BCUT2D eigenvalue weighted by molar-refractivity contribution is -0.0517. The van der Waals surface area contributed by atoms with Crippen molar-refractivity contribution < 1.29 is 50.3 Å². The number of alkyl halides is 3. The van der Waals surface area contributed by atoms with E-state index in [1.54, 1.807) is 19.9 Å². The number of hydrogen-bond donors (Lipinski definition) is 2. The van der Waals surface area contributed by atoms with E-state index in [0.29, 0.717) is 29.4 Å². The number of carbonyl (C=O) groups is 1. The zero-order valence-corrected chi connectivity index (χ0v) is 16.2. The first kappa shape index (κ1) is 23.8. The summed E-state index contributed by atoms with van der Waals surface area (Å²) in [5.74, 6) is 1.17. The molecule has 27 heavy (non-hydrogen) atoms. The third kappa shape index (κ3) is 5.85. The standard InChI is InChI=1S/C13H19O5S.CHF3O3S/c1-4-17-13(16)8-5-10(18-7(8)2)12-11(15)9(14)6-19(12)3;2-1(3,4)8(5,6)7/h5,9,11-12,14-15H,4,6H2,1-3H3;(H,5,6,7)/q+1;/p-1/t9-,11-,12+,19?;/m1./s1. The van der Waals surface area contributed by atoms with Crippen LogP contribution in [0.2, 0.25) is 0 Å². The molecule has 1 aliphatic rings. The quantitative estimate of drug-likeness (QED) is 0.308. The number of aliphatic hydroxyl groups excluding tert-OH is 2. The van der Waals surface area contributed by atoms with Crippen LogP contribution < -0.4 is 0 Å². The smallest absolute Gasteiger partial charge is 0.485 e. The van der Waals surface area contributed by atoms with Crippen molar-refractivity contribution in [2.45, 2.75) is 36.8 Å². The molecular weight excluding hydrogens is 417 g/mol. The predicted octanol–water partition coefficient (Wildman–Crippen LogP) is 0.841. The normalized spacial score (nSPS) is 25.7. The van der Waals surface area contributed by atoms with E-state index in [0.717, 1.165) is 0 Å². The number of esters is 1. The van der Waals surface area contributed by atoms with Crippen LogP contribution in [0.5, 0.6) is 0 Å². The Morgan fingerprint density at radius 1 is 1.44 bits per heavy atom. The van der Waals surface area contributed by atoms with E-state index in [2.05, 4.69) is 0 Å². The second-order valence-electron chi connectivity index (χ2n) is 5.58. The summed E-state index contributed by atoms with van der Waals surface area (Å²) in [5.41, 5.74) is -5.25. The molecule has 156 valence electrons. The van der Waals surface area contributed by atoms with Crippen LogP contribution in [0.1, 0.15) is 34.1 Å². The van der Waals surface area contributed by atoms with E-state index in [1.807, 2.05) is 6.26 Å². The van der Waals surface area contributed by atoms with Crippen molar-refractivity contribution in [1.29, 1.82) is 0 Å². The summed E-state index contributed by atoms with van der Waals surface area (Å²) in [5, 5.41) is 19.4. The number of rotatable bonds is 3. The molecule has 1 aliphatic heterocycles. The van der Waals surface area contributed by atoms with Crippen LogP contribution in [-0.2, 0) is 25.7 Å². The molecule has 1 saturated heterocycles. The molecule has 0 radical (unpaired) electrons. The molecule has 1 aromatic heterocycles. The van der Waals surface area contributed by atoms with Crippen molar-refractivity contribution in [1.82, 2.24) is 0 Å². The molecule has 2 heterocycles. The van der Waals surface area contributed by atoms with Crippen molar-refractivity contribution in [3.63, 3.8) is 0 Å². The van der Waals surface area contributed by atoms with Crippen molar-refractivity contribution in [3.8, 4) is 0 Å². The minimum Gasteiger partial charge on any atom is -0.741 e. The van der Waals surface area contributed by atoms with Gasteiger partial charge in [0.2, 0.25) is 5.25 Å². The van der Waals surface area contributed by atoms with Crippen molar-refractivity contribution in [2.24, 2.45) is 0 Å². The second-order valence-corrected chi connectivity index (χ2v) is 9.17. The van der Waals surface area contributed by atoms with E-state index in [4.69, 9.17) is 22.1 Å². The molecule has 13 heteroatoms. The van der Waals surface area contributed by atoms with E-state index >= 15 is 0 Å². The van der Waals surface area contributed by atoms with Gasteiger partial charge in [-0.2, -0.15) is 13.2 Å². The zero-order chi connectivity index (χ0) is 21.2. The zero-order valence-electron chi connectivity index (χ0n) is 14.5. The van der Waals surface area contributed by atoms with E-state index in [1.165, 1.54) is 0 Å². The summed E-state index contributed by atoms with van der Waals surface area (Å²) in [6, 6.07) is 1.63. The summed E-state index contributed by atoms with van der Waals surface area (Å²) in [6.45, 7) is 3.75. The Morgan fingerprint density at radius 3 is 2.33 bits per heavy atom. The van der Waals surface area contributed by atoms with Gasteiger partial charge in [-0.15, -0.1) is 0 Å². The van der Waals surface area contributed by atoms with Crippen LogP contribution in [0.25, 0.3) is 0 Å². The van der Waals surface area contributed by atoms with Gasteiger partial charge in [0.05, 0.1) is 12.9 Å². The van der Waals surface area contributed by atoms with Crippen LogP contribution in [0, 0.1) is 6.92 Å². The molecule has 0 spiro atoms. The molecule has 0 aliphatic carbocycles. The molecule has 0 saturated carbocycles. The summed E-state index contributed by atoms with van der Waals surface area (Å²) in [6.07, 6.45) is 0.412. The maximum Gasteiger partial charge on any atom is 0.485 e. The topological polar surface area (TPSA) is 137 Å². The van der Waals surface area contributed by atoms with Crippen molar-refractivity contribution in [2.75, 3.05) is 18.6 Å². The van der Waals surface area contributed by atoms with Crippen molar-refractivity contribution in [3.05, 3.63) is 23.2 Å². The predicted molar refractivity (Wildman–Crippen MR) is 88.1 cm³/mol. The molecule has 0 aromatic carbocycles. The van der Waals surface area contributed by atoms with Gasteiger partial charge in [-0.1, -0.05) is 0 Å². The van der Waals surface area contributed by atoms with Gasteiger partial charge in [0, 0.05) is 10.9 Å². The largest absolute Gasteiger partial charge is 0.741 e. The maximum atomic E-state index is 11.7. The minimum absolute atomic E-state index is 0.180. The van der Waals surface area contributed by atoms with Gasteiger partial charge in [-0.05, 0) is 19.9 Å². The van der Waals surface area contributed by atoms with Crippen LogP contribution >= 0.6 is 0 Å². The molecule has 0 bridgehead atoms. The molecule has 8 nitrogen and oxygen atoms in total. The van der Waals surface area contributed by atoms with Gasteiger partial charge in [0.15, 0.2) is 15.9 Å². The lowest BCUT2D eigenvalue weighted by Crippen LogP contribution is -2.25. The number of aryl methyl sites for hydroxylation is 1. The van der Waals surface area contributed by atoms with E-state index < -0.39 is 33.8 Å². The van der Waals surface area contributed by atoms with Gasteiger partial charge >= 0.3 is 11.5 Å². The number of furan rings is 1. The second kappa shape index (κ2) is 8.82. The Bertz CT molecular complexity index is 759. The van der Waals surface area contributed by atoms with E-state index in [-0.39, 0.29) is 16.1 Å². The summed E-state index contributed by atoms with van der Waals surface area (Å²) >= 11 is 0. The Kier molecular flexibility index (Phi) is 7.76. The fourth-order valence-corrected chi connectivity index (χ4v) is 4.45. The minimum atomic E-state index is -6.09. The SMILES string of the molecule is CCOC(=O)c1cc([C@H]2[C@H](O)[C@H](O)C[S+]2C)oc1C.O=S(=O)([O-])C(F)(F)F. The Hall–Kier alpha value is -1.28.